The second-order valence-corrected chi connectivity index (χ2v) is 7.62. The van der Waals surface area contributed by atoms with Crippen molar-refractivity contribution in [2.45, 2.75) is 19.0 Å². The normalized spacial score (nSPS) is 17.4. The zero-order chi connectivity index (χ0) is 23.4. The van der Waals surface area contributed by atoms with E-state index in [1.165, 1.54) is 12.0 Å². The molecule has 0 radical (unpaired) electrons. The van der Waals surface area contributed by atoms with Crippen LogP contribution in [0.4, 0.5) is 0 Å². The van der Waals surface area contributed by atoms with E-state index in [0.29, 0.717) is 42.1 Å². The number of hydrogen-bond donors (Lipinski definition) is 1. The maximum Gasteiger partial charge on any atom is 0.295 e. The third-order valence-electron chi connectivity index (χ3n) is 5.70. The van der Waals surface area contributed by atoms with Crippen molar-refractivity contribution in [1.82, 2.24) is 14.5 Å². The Morgan fingerprint density at radius 2 is 1.85 bits per heavy atom. The van der Waals surface area contributed by atoms with Gasteiger partial charge in [0.1, 0.15) is 17.3 Å². The molecular formula is C25H25N3O5. The molecule has 170 valence electrons. The molecule has 1 saturated heterocycles. The van der Waals surface area contributed by atoms with Crippen molar-refractivity contribution < 1.29 is 24.2 Å². The molecule has 0 unspecified atom stereocenters. The van der Waals surface area contributed by atoms with Crippen LogP contribution in [-0.4, -0.2) is 52.0 Å². The highest BCUT2D eigenvalue weighted by molar-refractivity contribution is 6.46. The van der Waals surface area contributed by atoms with E-state index in [0.717, 1.165) is 0 Å². The Morgan fingerprint density at radius 1 is 1.06 bits per heavy atom. The zero-order valence-electron chi connectivity index (χ0n) is 18.5. The van der Waals surface area contributed by atoms with Crippen molar-refractivity contribution in [2.75, 3.05) is 20.8 Å². The minimum Gasteiger partial charge on any atom is -0.507 e. The van der Waals surface area contributed by atoms with Gasteiger partial charge in [0.05, 0.1) is 32.2 Å². The van der Waals surface area contributed by atoms with Gasteiger partial charge in [-0.3, -0.25) is 9.59 Å². The summed E-state index contributed by atoms with van der Waals surface area (Å²) in [4.78, 5) is 31.8. The van der Waals surface area contributed by atoms with Crippen LogP contribution in [0, 0.1) is 0 Å². The third kappa shape index (κ3) is 4.32. The monoisotopic (exact) mass is 447 g/mol. The summed E-state index contributed by atoms with van der Waals surface area (Å²) in [6.45, 7) is 0.947. The van der Waals surface area contributed by atoms with Crippen LogP contribution in [0.15, 0.2) is 72.8 Å². The van der Waals surface area contributed by atoms with Crippen LogP contribution in [0.2, 0.25) is 0 Å². The third-order valence-corrected chi connectivity index (χ3v) is 5.70. The van der Waals surface area contributed by atoms with Crippen molar-refractivity contribution >= 4 is 17.4 Å². The van der Waals surface area contributed by atoms with E-state index in [1.54, 1.807) is 62.1 Å². The first-order chi connectivity index (χ1) is 16.0. The average molecular weight is 447 g/mol. The number of ether oxygens (including phenoxy) is 2. The fourth-order valence-corrected chi connectivity index (χ4v) is 4.07. The number of carbonyl (C=O) groups is 2. The fraction of sp³-hybridized carbons (Fsp3) is 0.240. The number of aliphatic hydroxyl groups excluding tert-OH is 1. The number of imidazole rings is 1. The summed E-state index contributed by atoms with van der Waals surface area (Å²) in [5.41, 5.74) is 1.10. The first-order valence-electron chi connectivity index (χ1n) is 10.6. The van der Waals surface area contributed by atoms with Crippen LogP contribution in [0.3, 0.4) is 0 Å². The van der Waals surface area contributed by atoms with Gasteiger partial charge in [-0.2, -0.15) is 0 Å². The number of hydrogen-bond acceptors (Lipinski definition) is 6. The number of ketones is 1. The summed E-state index contributed by atoms with van der Waals surface area (Å²) in [5, 5.41) is 11.1. The topological polar surface area (TPSA) is 93.9 Å². The predicted octanol–water partition coefficient (Wildman–Crippen LogP) is 3.41. The Morgan fingerprint density at radius 3 is 2.52 bits per heavy atom. The second kappa shape index (κ2) is 9.60. The lowest BCUT2D eigenvalue weighted by molar-refractivity contribution is -0.140. The van der Waals surface area contributed by atoms with E-state index < -0.39 is 17.7 Å². The number of Topliss-reactive ketones (excluding diaryl/α,β-unsaturated/α-hetero) is 1. The molecule has 8 heteroatoms. The number of aliphatic hydroxyl groups is 1. The molecule has 0 saturated carbocycles. The lowest BCUT2D eigenvalue weighted by Crippen LogP contribution is -2.31. The maximum absolute atomic E-state index is 13.1. The lowest BCUT2D eigenvalue weighted by atomic mass is 9.94. The van der Waals surface area contributed by atoms with Gasteiger partial charge < -0.3 is 24.0 Å². The summed E-state index contributed by atoms with van der Waals surface area (Å²) in [6.07, 6.45) is 5.83. The average Bonchev–Trinajstić information content (AvgIpc) is 3.46. The summed E-state index contributed by atoms with van der Waals surface area (Å²) < 4.78 is 12.8. The van der Waals surface area contributed by atoms with Crippen LogP contribution in [0.25, 0.3) is 5.76 Å². The van der Waals surface area contributed by atoms with Gasteiger partial charge in [-0.25, -0.2) is 4.98 Å². The lowest BCUT2D eigenvalue weighted by Gasteiger charge is -2.27. The first-order valence-corrected chi connectivity index (χ1v) is 10.6. The summed E-state index contributed by atoms with van der Waals surface area (Å²) in [5.74, 6) is -0.549. The molecule has 1 atom stereocenters. The summed E-state index contributed by atoms with van der Waals surface area (Å²) in [6, 6.07) is 13.1. The number of benzene rings is 2. The fourth-order valence-electron chi connectivity index (χ4n) is 4.07. The van der Waals surface area contributed by atoms with Crippen molar-refractivity contribution in [1.29, 1.82) is 0 Å². The van der Waals surface area contributed by atoms with Gasteiger partial charge in [0.25, 0.3) is 11.7 Å². The number of carbonyl (C=O) groups excluding carboxylic acids is 2. The summed E-state index contributed by atoms with van der Waals surface area (Å²) >= 11 is 0. The Bertz CT molecular complexity index is 1170. The quantitative estimate of drug-likeness (QED) is 0.323. The van der Waals surface area contributed by atoms with Crippen LogP contribution in [0.1, 0.15) is 23.6 Å². The van der Waals surface area contributed by atoms with Gasteiger partial charge in [-0.05, 0) is 18.6 Å². The number of aryl methyl sites for hydroxylation is 1. The Balaban J connectivity index is 1.78. The van der Waals surface area contributed by atoms with Gasteiger partial charge in [-0.15, -0.1) is 0 Å². The van der Waals surface area contributed by atoms with Crippen molar-refractivity contribution in [3.63, 3.8) is 0 Å². The highest BCUT2D eigenvalue weighted by Gasteiger charge is 2.46. The molecule has 8 nitrogen and oxygen atoms in total. The van der Waals surface area contributed by atoms with Crippen LogP contribution >= 0.6 is 0 Å². The van der Waals surface area contributed by atoms with Crippen molar-refractivity contribution in [2.24, 2.45) is 0 Å². The van der Waals surface area contributed by atoms with Crippen molar-refractivity contribution in [3.05, 3.63) is 84.0 Å². The van der Waals surface area contributed by atoms with Crippen LogP contribution < -0.4 is 9.47 Å². The maximum atomic E-state index is 13.1. The molecule has 1 aliphatic rings. The molecule has 2 heterocycles. The molecule has 1 aliphatic heterocycles. The molecule has 1 N–H and O–H groups in total. The van der Waals surface area contributed by atoms with E-state index in [-0.39, 0.29) is 11.3 Å². The molecule has 33 heavy (non-hydrogen) atoms. The number of aromatic nitrogens is 2. The number of nitrogens with zero attached hydrogens (tertiary/aromatic N) is 3. The minimum absolute atomic E-state index is 0.0392. The van der Waals surface area contributed by atoms with Crippen LogP contribution in [-0.2, 0) is 16.1 Å². The smallest absolute Gasteiger partial charge is 0.295 e. The SMILES string of the molecule is COc1ccc([C@@H]2/C(=C(\O)c3ccccc3)C(=O)C(=O)N2CCCn2ccnc2)c(OC)c1. The Labute approximate surface area is 191 Å². The zero-order valence-corrected chi connectivity index (χ0v) is 18.5. The van der Waals surface area contributed by atoms with E-state index in [4.69, 9.17) is 9.47 Å². The van der Waals surface area contributed by atoms with Gasteiger partial charge in [-0.1, -0.05) is 30.3 Å². The van der Waals surface area contributed by atoms with Gasteiger partial charge in [0.15, 0.2) is 0 Å². The Kier molecular flexibility index (Phi) is 6.44. The van der Waals surface area contributed by atoms with E-state index in [9.17, 15) is 14.7 Å². The number of amides is 1. The Hall–Kier alpha value is -4.07. The van der Waals surface area contributed by atoms with E-state index in [1.807, 2.05) is 16.8 Å². The first kappa shape index (κ1) is 22.1. The number of methoxy groups -OCH3 is 2. The highest BCUT2D eigenvalue weighted by Crippen LogP contribution is 2.43. The summed E-state index contributed by atoms with van der Waals surface area (Å²) in [7, 11) is 3.06. The molecule has 1 amide bonds. The van der Waals surface area contributed by atoms with E-state index >= 15 is 0 Å². The molecular weight excluding hydrogens is 422 g/mol. The predicted molar refractivity (Wildman–Crippen MR) is 122 cm³/mol. The molecule has 1 aromatic heterocycles. The van der Waals surface area contributed by atoms with Gasteiger partial charge in [0.2, 0.25) is 0 Å². The molecule has 1 fully saturated rings. The van der Waals surface area contributed by atoms with Gasteiger partial charge >= 0.3 is 0 Å². The second-order valence-electron chi connectivity index (χ2n) is 7.62. The molecule has 0 aliphatic carbocycles. The standard InChI is InChI=1S/C25H25N3O5/c1-32-18-9-10-19(20(15-18)33-2)22-21(23(29)17-7-4-3-5-8-17)24(30)25(31)28(22)13-6-12-27-14-11-26-16-27/h3-5,7-11,14-16,22,29H,6,12-13H2,1-2H3/b23-21+/t22-/m1/s1. The van der Waals surface area contributed by atoms with E-state index in [2.05, 4.69) is 4.98 Å². The highest BCUT2D eigenvalue weighted by atomic mass is 16.5. The number of rotatable bonds is 8. The van der Waals surface area contributed by atoms with Gasteiger partial charge in [0, 0.05) is 42.7 Å². The molecule has 0 spiro atoms. The van der Waals surface area contributed by atoms with Crippen molar-refractivity contribution in [3.8, 4) is 11.5 Å². The number of likely N-dealkylation sites (tertiary alicyclic amines) is 1. The molecule has 4 rings (SSSR count). The molecule has 3 aromatic rings. The minimum atomic E-state index is -0.797. The van der Waals surface area contributed by atoms with Crippen LogP contribution in [0.5, 0.6) is 11.5 Å². The molecule has 0 bridgehead atoms. The molecule has 2 aromatic carbocycles. The largest absolute Gasteiger partial charge is 0.507 e.